The number of rotatable bonds is 4. The molecule has 2 heterocycles. The van der Waals surface area contributed by atoms with E-state index in [2.05, 4.69) is 6.07 Å². The first-order valence-corrected chi connectivity index (χ1v) is 11.1. The molecule has 0 radical (unpaired) electrons. The molecule has 1 unspecified atom stereocenters. The van der Waals surface area contributed by atoms with Gasteiger partial charge in [-0.1, -0.05) is 29.3 Å². The summed E-state index contributed by atoms with van der Waals surface area (Å²) in [5.74, 6) is 0.879. The molecule has 5 nitrogen and oxygen atoms in total. The topological polar surface area (TPSA) is 59.0 Å². The molecule has 1 saturated heterocycles. The lowest BCUT2D eigenvalue weighted by atomic mass is 9.74. The average Bonchev–Trinajstić information content (AvgIpc) is 3.25. The van der Waals surface area contributed by atoms with E-state index in [0.29, 0.717) is 16.7 Å². The number of likely N-dealkylation sites (tertiary alicyclic amines) is 1. The van der Waals surface area contributed by atoms with Gasteiger partial charge >= 0.3 is 5.97 Å². The molecule has 1 aliphatic carbocycles. The van der Waals surface area contributed by atoms with Crippen LogP contribution in [0.2, 0.25) is 10.0 Å². The predicted molar refractivity (Wildman–Crippen MR) is 115 cm³/mol. The first-order chi connectivity index (χ1) is 14.4. The number of hydrogen-bond acceptors (Lipinski definition) is 4. The molecule has 1 atom stereocenters. The molecule has 2 aromatic rings. The molecular weight excluding hydrogens is 425 g/mol. The zero-order chi connectivity index (χ0) is 20.9. The minimum atomic E-state index is -0.772. The van der Waals surface area contributed by atoms with Crippen LogP contribution in [0.15, 0.2) is 30.3 Å². The molecule has 1 spiro atoms. The second-order valence-corrected chi connectivity index (χ2v) is 9.35. The van der Waals surface area contributed by atoms with Crippen molar-refractivity contribution < 1.29 is 19.4 Å². The highest BCUT2D eigenvalue weighted by Gasteiger charge is 2.43. The zero-order valence-electron chi connectivity index (χ0n) is 16.5. The lowest BCUT2D eigenvalue weighted by molar-refractivity contribution is -0.138. The van der Waals surface area contributed by atoms with E-state index < -0.39 is 5.97 Å². The Bertz CT molecular complexity index is 1000. The fourth-order valence-corrected chi connectivity index (χ4v) is 5.75. The molecule has 1 N–H and O–H groups in total. The number of carboxylic acids is 1. The molecule has 30 heavy (non-hydrogen) atoms. The number of nitrogens with zero attached hydrogens (tertiary/aromatic N) is 1. The van der Waals surface area contributed by atoms with Crippen LogP contribution in [0, 0.1) is 0 Å². The van der Waals surface area contributed by atoms with Crippen molar-refractivity contribution in [3.63, 3.8) is 0 Å². The molecule has 0 bridgehead atoms. The van der Waals surface area contributed by atoms with Gasteiger partial charge in [0.15, 0.2) is 0 Å². The first kappa shape index (κ1) is 20.0. The summed E-state index contributed by atoms with van der Waals surface area (Å²) in [6.07, 6.45) is 3.49. The molecule has 7 heteroatoms. The maximum atomic E-state index is 11.0. The second kappa shape index (κ2) is 7.63. The van der Waals surface area contributed by atoms with Crippen molar-refractivity contribution >= 4 is 29.2 Å². The van der Waals surface area contributed by atoms with E-state index in [1.807, 2.05) is 23.1 Å². The lowest BCUT2D eigenvalue weighted by Gasteiger charge is -2.37. The Labute approximate surface area is 185 Å². The van der Waals surface area contributed by atoms with Gasteiger partial charge in [-0.05, 0) is 62.5 Å². The van der Waals surface area contributed by atoms with E-state index in [1.54, 1.807) is 6.07 Å². The minimum absolute atomic E-state index is 0.0249. The van der Waals surface area contributed by atoms with Gasteiger partial charge in [0, 0.05) is 32.7 Å². The second-order valence-electron chi connectivity index (χ2n) is 8.50. The Hall–Kier alpha value is -1.95. The van der Waals surface area contributed by atoms with Crippen LogP contribution in [0.25, 0.3) is 0 Å². The molecule has 5 rings (SSSR count). The van der Waals surface area contributed by atoms with Gasteiger partial charge in [-0.2, -0.15) is 0 Å². The number of hydrogen-bond donors (Lipinski definition) is 1. The van der Waals surface area contributed by atoms with Crippen LogP contribution in [-0.4, -0.2) is 42.2 Å². The normalized spacial score (nSPS) is 21.9. The zero-order valence-corrected chi connectivity index (χ0v) is 18.0. The quantitative estimate of drug-likeness (QED) is 0.724. The SMILES string of the molecule is O=C(O)CN1CCC2(CC1)COc1cc(OC3CCc4cc(Cl)cc(Cl)c43)ccc12. The molecule has 2 aliphatic heterocycles. The smallest absolute Gasteiger partial charge is 0.317 e. The number of piperidine rings is 1. The van der Waals surface area contributed by atoms with Gasteiger partial charge in [0.1, 0.15) is 17.6 Å². The number of carboxylic acid groups (broad SMARTS) is 1. The Morgan fingerprint density at radius 3 is 2.80 bits per heavy atom. The maximum Gasteiger partial charge on any atom is 0.317 e. The van der Waals surface area contributed by atoms with Crippen LogP contribution in [0.3, 0.4) is 0 Å². The number of aliphatic carboxylic acids is 1. The van der Waals surface area contributed by atoms with E-state index in [-0.39, 0.29) is 18.1 Å². The third-order valence-corrected chi connectivity index (χ3v) is 7.19. The number of fused-ring (bicyclic) bond motifs is 3. The summed E-state index contributed by atoms with van der Waals surface area (Å²) in [5, 5.41) is 10.3. The van der Waals surface area contributed by atoms with Crippen molar-refractivity contribution in [1.82, 2.24) is 4.90 Å². The van der Waals surface area contributed by atoms with Crippen molar-refractivity contribution in [3.8, 4) is 11.5 Å². The van der Waals surface area contributed by atoms with Crippen LogP contribution in [-0.2, 0) is 16.6 Å². The van der Waals surface area contributed by atoms with Gasteiger partial charge in [0.25, 0.3) is 0 Å². The van der Waals surface area contributed by atoms with E-state index in [9.17, 15) is 4.79 Å². The van der Waals surface area contributed by atoms with Crippen molar-refractivity contribution in [3.05, 3.63) is 57.1 Å². The number of benzene rings is 2. The molecule has 0 amide bonds. The van der Waals surface area contributed by atoms with Gasteiger partial charge in [-0.3, -0.25) is 9.69 Å². The number of ether oxygens (including phenoxy) is 2. The monoisotopic (exact) mass is 447 g/mol. The maximum absolute atomic E-state index is 11.0. The van der Waals surface area contributed by atoms with E-state index in [4.69, 9.17) is 37.8 Å². The number of aryl methyl sites for hydroxylation is 1. The molecule has 3 aliphatic rings. The lowest BCUT2D eigenvalue weighted by Crippen LogP contribution is -2.45. The standard InChI is InChI=1S/C23H23Cl2NO4/c24-15-9-14-1-4-19(22(14)18(25)10-15)30-16-2-3-17-20(11-16)29-13-23(17)5-7-26(8-6-23)12-21(27)28/h2-3,9-11,19H,1,4-8,12-13H2,(H,27,28). The first-order valence-electron chi connectivity index (χ1n) is 10.3. The average molecular weight is 448 g/mol. The Morgan fingerprint density at radius 1 is 1.23 bits per heavy atom. The fourth-order valence-electron chi connectivity index (χ4n) is 5.09. The molecule has 1 fully saturated rings. The highest BCUT2D eigenvalue weighted by molar-refractivity contribution is 6.35. The van der Waals surface area contributed by atoms with Crippen LogP contribution < -0.4 is 9.47 Å². The largest absolute Gasteiger partial charge is 0.492 e. The highest BCUT2D eigenvalue weighted by Crippen LogP contribution is 2.48. The van der Waals surface area contributed by atoms with Gasteiger partial charge in [0.05, 0.1) is 13.2 Å². The predicted octanol–water partition coefficient (Wildman–Crippen LogP) is 4.87. The van der Waals surface area contributed by atoms with Crippen LogP contribution in [0.4, 0.5) is 0 Å². The minimum Gasteiger partial charge on any atom is -0.492 e. The van der Waals surface area contributed by atoms with Gasteiger partial charge < -0.3 is 14.6 Å². The summed E-state index contributed by atoms with van der Waals surface area (Å²) >= 11 is 12.6. The number of halogens is 2. The Balaban J connectivity index is 1.32. The van der Waals surface area contributed by atoms with Crippen molar-refractivity contribution in [2.24, 2.45) is 0 Å². The number of carbonyl (C=O) groups is 1. The molecule has 158 valence electrons. The Kier molecular flexibility index (Phi) is 5.08. The van der Waals surface area contributed by atoms with Gasteiger partial charge in [-0.15, -0.1) is 0 Å². The van der Waals surface area contributed by atoms with Crippen molar-refractivity contribution in [1.29, 1.82) is 0 Å². The van der Waals surface area contributed by atoms with Crippen molar-refractivity contribution in [2.75, 3.05) is 26.2 Å². The van der Waals surface area contributed by atoms with Crippen LogP contribution in [0.1, 0.15) is 42.1 Å². The van der Waals surface area contributed by atoms with Crippen LogP contribution in [0.5, 0.6) is 11.5 Å². The summed E-state index contributed by atoms with van der Waals surface area (Å²) in [5.41, 5.74) is 3.37. The third-order valence-electron chi connectivity index (χ3n) is 6.66. The molecular formula is C23H23Cl2NO4. The summed E-state index contributed by atoms with van der Waals surface area (Å²) in [7, 11) is 0. The van der Waals surface area contributed by atoms with Gasteiger partial charge in [0.2, 0.25) is 0 Å². The summed E-state index contributed by atoms with van der Waals surface area (Å²) < 4.78 is 12.4. The molecule has 0 aromatic heterocycles. The molecule has 2 aromatic carbocycles. The van der Waals surface area contributed by atoms with E-state index in [0.717, 1.165) is 61.4 Å². The molecule has 0 saturated carbocycles. The fraction of sp³-hybridized carbons (Fsp3) is 0.435. The van der Waals surface area contributed by atoms with Crippen molar-refractivity contribution in [2.45, 2.75) is 37.2 Å². The van der Waals surface area contributed by atoms with E-state index in [1.165, 1.54) is 5.56 Å². The summed E-state index contributed by atoms with van der Waals surface area (Å²) in [6, 6.07) is 9.86. The summed E-state index contributed by atoms with van der Waals surface area (Å²) in [4.78, 5) is 13.0. The van der Waals surface area contributed by atoms with Gasteiger partial charge in [-0.25, -0.2) is 0 Å². The van der Waals surface area contributed by atoms with E-state index >= 15 is 0 Å². The summed E-state index contributed by atoms with van der Waals surface area (Å²) in [6.45, 7) is 2.29. The third kappa shape index (κ3) is 3.53. The highest BCUT2D eigenvalue weighted by atomic mass is 35.5. The van der Waals surface area contributed by atoms with Crippen LogP contribution >= 0.6 is 23.2 Å². The Morgan fingerprint density at radius 2 is 2.03 bits per heavy atom.